The average molecular weight is 254 g/mol. The molecule has 17 heavy (non-hydrogen) atoms. The first-order chi connectivity index (χ1) is 8.02. The number of rotatable bonds is 5. The third-order valence-electron chi connectivity index (χ3n) is 2.44. The van der Waals surface area contributed by atoms with Crippen LogP contribution in [0, 0.1) is 5.92 Å². The number of hydrogen-bond donors (Lipinski definition) is 2. The van der Waals surface area contributed by atoms with E-state index >= 15 is 0 Å². The van der Waals surface area contributed by atoms with Crippen LogP contribution in [0.3, 0.4) is 0 Å². The third-order valence-corrected chi connectivity index (χ3v) is 2.73. The first kappa shape index (κ1) is 14.0. The van der Waals surface area contributed by atoms with Crippen LogP contribution in [0.2, 0.25) is 0 Å². The van der Waals surface area contributed by atoms with Crippen LogP contribution in [0.15, 0.2) is 6.20 Å². The van der Waals surface area contributed by atoms with E-state index in [1.807, 2.05) is 17.9 Å². The summed E-state index contributed by atoms with van der Waals surface area (Å²) < 4.78 is 1.85. The van der Waals surface area contributed by atoms with E-state index in [1.54, 1.807) is 0 Å². The van der Waals surface area contributed by atoms with E-state index < -0.39 is 0 Å². The second-order valence-electron chi connectivity index (χ2n) is 4.59. The van der Waals surface area contributed by atoms with Crippen molar-refractivity contribution in [2.24, 2.45) is 13.0 Å². The Hall–Kier alpha value is -1.10. The van der Waals surface area contributed by atoms with E-state index in [-0.39, 0.29) is 0 Å². The molecule has 1 heterocycles. The minimum Gasteiger partial charge on any atom is -0.362 e. The van der Waals surface area contributed by atoms with Crippen molar-refractivity contribution in [1.29, 1.82) is 0 Å². The van der Waals surface area contributed by atoms with Crippen molar-refractivity contribution in [3.8, 4) is 0 Å². The zero-order valence-corrected chi connectivity index (χ0v) is 11.9. The first-order valence-electron chi connectivity index (χ1n) is 6.06. The highest BCUT2D eigenvalue weighted by Gasteiger charge is 2.06. The highest BCUT2D eigenvalue weighted by atomic mass is 32.1. The van der Waals surface area contributed by atoms with Crippen molar-refractivity contribution >= 4 is 17.3 Å². The van der Waals surface area contributed by atoms with Crippen molar-refractivity contribution in [1.82, 2.24) is 20.4 Å². The van der Waals surface area contributed by atoms with E-state index in [1.165, 1.54) is 5.56 Å². The molecule has 1 aromatic heterocycles. The second-order valence-corrected chi connectivity index (χ2v) is 4.99. The molecular weight excluding hydrogens is 232 g/mol. The Labute approximate surface area is 109 Å². The van der Waals surface area contributed by atoms with Gasteiger partial charge in [0, 0.05) is 31.9 Å². The number of aromatic nitrogens is 2. The fourth-order valence-electron chi connectivity index (χ4n) is 1.56. The topological polar surface area (TPSA) is 41.9 Å². The summed E-state index contributed by atoms with van der Waals surface area (Å²) in [6, 6.07) is 0. The molecule has 0 aliphatic carbocycles. The molecule has 1 rings (SSSR count). The number of nitrogens with zero attached hydrogens (tertiary/aromatic N) is 2. The van der Waals surface area contributed by atoms with E-state index in [0.29, 0.717) is 11.0 Å². The Morgan fingerprint density at radius 3 is 2.76 bits per heavy atom. The molecule has 0 aliphatic heterocycles. The van der Waals surface area contributed by atoms with Crippen molar-refractivity contribution < 1.29 is 0 Å². The molecule has 2 N–H and O–H groups in total. The number of aryl methyl sites for hydroxylation is 2. The van der Waals surface area contributed by atoms with Gasteiger partial charge in [-0.25, -0.2) is 0 Å². The van der Waals surface area contributed by atoms with Gasteiger partial charge < -0.3 is 10.6 Å². The SMILES string of the molecule is CCc1nn(C)cc1CNC(=S)NCC(C)C. The summed E-state index contributed by atoms with van der Waals surface area (Å²) in [5.41, 5.74) is 2.34. The molecule has 0 saturated carbocycles. The summed E-state index contributed by atoms with van der Waals surface area (Å²) in [6.45, 7) is 8.07. The fraction of sp³-hybridized carbons (Fsp3) is 0.667. The molecule has 0 aliphatic rings. The Balaban J connectivity index is 2.41. The van der Waals surface area contributed by atoms with Gasteiger partial charge in [-0.2, -0.15) is 5.10 Å². The van der Waals surface area contributed by atoms with Crippen LogP contribution >= 0.6 is 12.2 Å². The van der Waals surface area contributed by atoms with Gasteiger partial charge in [0.05, 0.1) is 5.69 Å². The van der Waals surface area contributed by atoms with Gasteiger partial charge in [-0.05, 0) is 24.6 Å². The van der Waals surface area contributed by atoms with E-state index in [0.717, 1.165) is 25.2 Å². The van der Waals surface area contributed by atoms with E-state index in [9.17, 15) is 0 Å². The molecule has 0 amide bonds. The zero-order chi connectivity index (χ0) is 12.8. The summed E-state index contributed by atoms with van der Waals surface area (Å²) in [4.78, 5) is 0. The summed E-state index contributed by atoms with van der Waals surface area (Å²) in [5, 5.41) is 11.5. The Morgan fingerprint density at radius 1 is 1.47 bits per heavy atom. The molecule has 0 aromatic carbocycles. The lowest BCUT2D eigenvalue weighted by atomic mass is 10.2. The fourth-order valence-corrected chi connectivity index (χ4v) is 1.72. The maximum absolute atomic E-state index is 5.21. The molecular formula is C12H22N4S. The average Bonchev–Trinajstić information content (AvgIpc) is 2.64. The summed E-state index contributed by atoms with van der Waals surface area (Å²) in [7, 11) is 1.94. The lowest BCUT2D eigenvalue weighted by Gasteiger charge is -2.11. The predicted molar refractivity (Wildman–Crippen MR) is 74.9 cm³/mol. The van der Waals surface area contributed by atoms with Crippen LogP contribution in [0.1, 0.15) is 32.0 Å². The Bertz CT molecular complexity index is 371. The second kappa shape index (κ2) is 6.59. The van der Waals surface area contributed by atoms with Crippen LogP contribution in [0.25, 0.3) is 0 Å². The quantitative estimate of drug-likeness (QED) is 0.783. The smallest absolute Gasteiger partial charge is 0.166 e. The van der Waals surface area contributed by atoms with Gasteiger partial charge in [0.1, 0.15) is 0 Å². The van der Waals surface area contributed by atoms with E-state index in [4.69, 9.17) is 12.2 Å². The van der Waals surface area contributed by atoms with Crippen molar-refractivity contribution in [3.63, 3.8) is 0 Å². The van der Waals surface area contributed by atoms with Gasteiger partial charge in [0.2, 0.25) is 0 Å². The molecule has 5 heteroatoms. The molecule has 0 unspecified atom stereocenters. The van der Waals surface area contributed by atoms with Crippen LogP contribution in [0.4, 0.5) is 0 Å². The Morgan fingerprint density at radius 2 is 2.18 bits per heavy atom. The highest BCUT2D eigenvalue weighted by Crippen LogP contribution is 2.06. The largest absolute Gasteiger partial charge is 0.362 e. The lowest BCUT2D eigenvalue weighted by Crippen LogP contribution is -2.36. The summed E-state index contributed by atoms with van der Waals surface area (Å²) in [5.74, 6) is 0.597. The highest BCUT2D eigenvalue weighted by molar-refractivity contribution is 7.80. The molecule has 96 valence electrons. The lowest BCUT2D eigenvalue weighted by molar-refractivity contribution is 0.619. The Kier molecular flexibility index (Phi) is 5.41. The third kappa shape index (κ3) is 4.73. The molecule has 0 saturated heterocycles. The number of thiocarbonyl (C=S) groups is 1. The zero-order valence-electron chi connectivity index (χ0n) is 11.1. The molecule has 1 aromatic rings. The monoisotopic (exact) mass is 254 g/mol. The van der Waals surface area contributed by atoms with E-state index in [2.05, 4.69) is 36.5 Å². The first-order valence-corrected chi connectivity index (χ1v) is 6.46. The maximum atomic E-state index is 5.21. The van der Waals surface area contributed by atoms with Gasteiger partial charge in [0.25, 0.3) is 0 Å². The molecule has 0 atom stereocenters. The maximum Gasteiger partial charge on any atom is 0.166 e. The minimum atomic E-state index is 0.597. The molecule has 0 spiro atoms. The minimum absolute atomic E-state index is 0.597. The number of hydrogen-bond acceptors (Lipinski definition) is 2. The molecule has 4 nitrogen and oxygen atoms in total. The molecule has 0 bridgehead atoms. The van der Waals surface area contributed by atoms with Crippen molar-refractivity contribution in [3.05, 3.63) is 17.5 Å². The van der Waals surface area contributed by atoms with Crippen molar-refractivity contribution in [2.75, 3.05) is 6.54 Å². The van der Waals surface area contributed by atoms with Gasteiger partial charge in [0.15, 0.2) is 5.11 Å². The predicted octanol–water partition coefficient (Wildman–Crippen LogP) is 1.60. The van der Waals surface area contributed by atoms with Gasteiger partial charge in [-0.15, -0.1) is 0 Å². The number of nitrogens with one attached hydrogen (secondary N) is 2. The van der Waals surface area contributed by atoms with Gasteiger partial charge in [-0.3, -0.25) is 4.68 Å². The van der Waals surface area contributed by atoms with Crippen LogP contribution in [-0.4, -0.2) is 21.4 Å². The van der Waals surface area contributed by atoms with Crippen LogP contribution in [-0.2, 0) is 20.0 Å². The van der Waals surface area contributed by atoms with Crippen LogP contribution in [0.5, 0.6) is 0 Å². The van der Waals surface area contributed by atoms with Gasteiger partial charge in [-0.1, -0.05) is 20.8 Å². The molecule has 0 fully saturated rings. The summed E-state index contributed by atoms with van der Waals surface area (Å²) in [6.07, 6.45) is 2.99. The van der Waals surface area contributed by atoms with Gasteiger partial charge >= 0.3 is 0 Å². The summed E-state index contributed by atoms with van der Waals surface area (Å²) >= 11 is 5.21. The van der Waals surface area contributed by atoms with Crippen LogP contribution < -0.4 is 10.6 Å². The standard InChI is InChI=1S/C12H22N4S/c1-5-11-10(8-16(4)15-11)7-14-12(17)13-6-9(2)3/h8-9H,5-7H2,1-4H3,(H2,13,14,17). The normalized spacial score (nSPS) is 10.6. The van der Waals surface area contributed by atoms with Crippen molar-refractivity contribution in [2.45, 2.75) is 33.7 Å². The molecule has 0 radical (unpaired) electrons.